The Balaban J connectivity index is 1.50. The van der Waals surface area contributed by atoms with Crippen molar-refractivity contribution in [2.24, 2.45) is 0 Å². The molecule has 5 aromatic carbocycles. The lowest BCUT2D eigenvalue weighted by Gasteiger charge is -2.48. The molecule has 6 aliphatic carbocycles. The molecular weight excluding hydrogens is 480 g/mol. The minimum atomic E-state index is 0.164. The minimum absolute atomic E-state index is 0.164. The molecule has 6 aliphatic rings. The van der Waals surface area contributed by atoms with E-state index in [0.29, 0.717) is 0 Å². The van der Waals surface area contributed by atoms with Gasteiger partial charge in [-0.2, -0.15) is 0 Å². The van der Waals surface area contributed by atoms with E-state index in [4.69, 9.17) is 0 Å². The molecule has 186 valence electrons. The maximum Gasteiger partial charge on any atom is 0.0362 e. The number of rotatable bonds is 0. The molecule has 5 aromatic rings. The Morgan fingerprint density at radius 2 is 0.550 bits per heavy atom. The van der Waals surface area contributed by atoms with Crippen LogP contribution in [0.2, 0.25) is 0 Å². The van der Waals surface area contributed by atoms with Gasteiger partial charge in [-0.25, -0.2) is 0 Å². The van der Waals surface area contributed by atoms with Gasteiger partial charge in [0.1, 0.15) is 0 Å². The first-order chi connectivity index (χ1) is 19.8. The molecule has 0 atom stereocenters. The molecule has 0 nitrogen and oxygen atoms in total. The largest absolute Gasteiger partial charge is 0.101 e. The van der Waals surface area contributed by atoms with Gasteiger partial charge in [0.25, 0.3) is 0 Å². The molecule has 0 fully saturated rings. The lowest BCUT2D eigenvalue weighted by Crippen LogP contribution is -2.35. The van der Waals surface area contributed by atoms with Crippen molar-refractivity contribution < 1.29 is 0 Å². The van der Waals surface area contributed by atoms with Crippen LogP contribution in [0.15, 0.2) is 97.1 Å². The summed E-state index contributed by atoms with van der Waals surface area (Å²) in [6.07, 6.45) is 0. The van der Waals surface area contributed by atoms with Gasteiger partial charge >= 0.3 is 0 Å². The number of benzene rings is 5. The Morgan fingerprint density at radius 3 is 0.725 bits per heavy atom. The quantitative estimate of drug-likeness (QED) is 0.181. The van der Waals surface area contributed by atoms with Crippen molar-refractivity contribution in [3.63, 3.8) is 0 Å². The Kier molecular flexibility index (Phi) is 4.35. The maximum absolute atomic E-state index is 3.73. The van der Waals surface area contributed by atoms with Gasteiger partial charge in [0.05, 0.1) is 0 Å². The molecule has 0 aromatic heterocycles. The van der Waals surface area contributed by atoms with E-state index in [1.54, 1.807) is 0 Å². The highest BCUT2D eigenvalue weighted by Crippen LogP contribution is 2.63. The lowest BCUT2D eigenvalue weighted by atomic mass is 9.53. The topological polar surface area (TPSA) is 0 Å². The molecule has 40 heavy (non-hydrogen) atoms. The molecule has 0 heteroatoms. The van der Waals surface area contributed by atoms with Gasteiger partial charge in [-0.15, -0.1) is 11.8 Å². The van der Waals surface area contributed by atoms with E-state index >= 15 is 0 Å². The zero-order valence-corrected chi connectivity index (χ0v) is 22.5. The molecule has 4 bridgehead atoms. The molecule has 0 aliphatic heterocycles. The second-order valence-electron chi connectivity index (χ2n) is 11.4. The molecule has 0 N–H and O–H groups in total. The predicted molar refractivity (Wildman–Crippen MR) is 161 cm³/mol. The van der Waals surface area contributed by atoms with Crippen molar-refractivity contribution in [3.8, 4) is 23.7 Å². The van der Waals surface area contributed by atoms with Crippen molar-refractivity contribution in [2.45, 2.75) is 37.5 Å². The van der Waals surface area contributed by atoms with Gasteiger partial charge in [0.15, 0.2) is 0 Å². The highest BCUT2D eigenvalue weighted by Gasteiger charge is 2.50. The van der Waals surface area contributed by atoms with Crippen LogP contribution in [-0.2, 0) is 0 Å². The summed E-state index contributed by atoms with van der Waals surface area (Å²) < 4.78 is 0. The first-order valence-electron chi connectivity index (χ1n) is 14.3. The fourth-order valence-corrected chi connectivity index (χ4v) is 8.61. The zero-order chi connectivity index (χ0) is 26.5. The fraction of sp³-hybridized carbons (Fsp3) is 0.150. The highest BCUT2D eigenvalue weighted by molar-refractivity contribution is 5.82. The van der Waals surface area contributed by atoms with Crippen LogP contribution in [0, 0.1) is 23.7 Å². The number of hydrogen-bond donors (Lipinski definition) is 0. The summed E-state index contributed by atoms with van der Waals surface area (Å²) in [7, 11) is 0. The van der Waals surface area contributed by atoms with Crippen LogP contribution in [0.1, 0.15) is 115 Å². The third-order valence-electron chi connectivity index (χ3n) is 9.78. The van der Waals surface area contributed by atoms with E-state index in [1.165, 1.54) is 77.9 Å². The molecule has 0 spiro atoms. The summed E-state index contributed by atoms with van der Waals surface area (Å²) >= 11 is 0. The molecular formula is C40H26. The van der Waals surface area contributed by atoms with E-state index in [2.05, 4.69) is 121 Å². The van der Waals surface area contributed by atoms with Gasteiger partial charge in [-0.3, -0.25) is 0 Å². The Bertz CT molecular complexity index is 1700. The molecule has 0 saturated carbocycles. The lowest BCUT2D eigenvalue weighted by molar-refractivity contribution is 0.710. The van der Waals surface area contributed by atoms with Crippen LogP contribution >= 0.6 is 0 Å². The third kappa shape index (κ3) is 2.51. The van der Waals surface area contributed by atoms with Crippen LogP contribution in [0.5, 0.6) is 0 Å². The molecule has 0 saturated heterocycles. The van der Waals surface area contributed by atoms with Crippen LogP contribution < -0.4 is 0 Å². The Labute approximate surface area is 235 Å². The van der Waals surface area contributed by atoms with E-state index in [9.17, 15) is 0 Å². The predicted octanol–water partition coefficient (Wildman–Crippen LogP) is 8.40. The summed E-state index contributed by atoms with van der Waals surface area (Å²) in [6.45, 7) is 3.98. The summed E-state index contributed by atoms with van der Waals surface area (Å²) in [5, 5.41) is 0. The van der Waals surface area contributed by atoms with E-state index in [-0.39, 0.29) is 23.7 Å². The normalized spacial score (nSPS) is 20.9. The molecule has 11 rings (SSSR count). The zero-order valence-electron chi connectivity index (χ0n) is 22.5. The highest BCUT2D eigenvalue weighted by atomic mass is 14.5. The SMILES string of the molecule is CC#Cc1c2c(c(C#CC)c3c1C1c4ccccc4C3c3ccccc31)C1c3ccccc3C2c2ccccc21. The van der Waals surface area contributed by atoms with Gasteiger partial charge in [-0.1, -0.05) is 109 Å². The average Bonchev–Trinajstić information content (AvgIpc) is 3.02. The first kappa shape index (κ1) is 22.1. The van der Waals surface area contributed by atoms with Crippen molar-refractivity contribution in [3.05, 3.63) is 175 Å². The second-order valence-corrected chi connectivity index (χ2v) is 11.4. The molecule has 0 radical (unpaired) electrons. The molecule has 0 unspecified atom stereocenters. The van der Waals surface area contributed by atoms with Crippen LogP contribution in [0.4, 0.5) is 0 Å². The fourth-order valence-electron chi connectivity index (χ4n) is 8.61. The summed E-state index contributed by atoms with van der Waals surface area (Å²) in [4.78, 5) is 0. The molecule has 0 heterocycles. The van der Waals surface area contributed by atoms with Gasteiger partial charge < -0.3 is 0 Å². The minimum Gasteiger partial charge on any atom is -0.101 e. The van der Waals surface area contributed by atoms with Crippen LogP contribution in [0.25, 0.3) is 0 Å². The Morgan fingerprint density at radius 1 is 0.350 bits per heavy atom. The summed E-state index contributed by atoms with van der Waals surface area (Å²) in [5.41, 5.74) is 19.5. The van der Waals surface area contributed by atoms with E-state index in [0.717, 1.165) is 0 Å². The first-order valence-corrected chi connectivity index (χ1v) is 14.3. The maximum atomic E-state index is 3.73. The van der Waals surface area contributed by atoms with Crippen molar-refractivity contribution >= 4 is 0 Å². The summed E-state index contributed by atoms with van der Waals surface area (Å²) in [6, 6.07) is 36.4. The summed E-state index contributed by atoms with van der Waals surface area (Å²) in [5.74, 6) is 14.8. The van der Waals surface area contributed by atoms with Crippen molar-refractivity contribution in [1.29, 1.82) is 0 Å². The monoisotopic (exact) mass is 506 g/mol. The third-order valence-corrected chi connectivity index (χ3v) is 9.78. The smallest absolute Gasteiger partial charge is 0.0362 e. The van der Waals surface area contributed by atoms with E-state index in [1.807, 2.05) is 13.8 Å². The van der Waals surface area contributed by atoms with Crippen molar-refractivity contribution in [2.75, 3.05) is 0 Å². The standard InChI is InChI=1S/C40H26/c1-3-13-31-37-33-23-15-5-9-19-27(23)35(28-20-10-6-16-24(28)33)39(37)32(14-4-2)40-36-29-21-11-7-17-25(29)34(38(31)40)26-18-8-12-22-30(26)36/h5-12,15-22,33-36H,1-2H3. The average molecular weight is 507 g/mol. The number of hydrogen-bond acceptors (Lipinski definition) is 0. The Hall–Kier alpha value is -4.78. The molecule has 0 amide bonds. The van der Waals surface area contributed by atoms with E-state index < -0.39 is 0 Å². The van der Waals surface area contributed by atoms with Crippen molar-refractivity contribution in [1.82, 2.24) is 0 Å². The van der Waals surface area contributed by atoms with Gasteiger partial charge in [-0.05, 0) is 80.6 Å². The van der Waals surface area contributed by atoms with Crippen LogP contribution in [0.3, 0.4) is 0 Å². The second kappa shape index (κ2) is 7.88. The van der Waals surface area contributed by atoms with Gasteiger partial charge in [0.2, 0.25) is 0 Å². The van der Waals surface area contributed by atoms with Crippen LogP contribution in [-0.4, -0.2) is 0 Å². The van der Waals surface area contributed by atoms with Gasteiger partial charge in [0, 0.05) is 34.8 Å².